The van der Waals surface area contributed by atoms with Gasteiger partial charge in [0, 0.05) is 88.4 Å². The summed E-state index contributed by atoms with van der Waals surface area (Å²) in [6.45, 7) is 0. The summed E-state index contributed by atoms with van der Waals surface area (Å²) in [7, 11) is 0. The van der Waals surface area contributed by atoms with Crippen LogP contribution < -0.4 is 4.90 Å². The van der Waals surface area contributed by atoms with Gasteiger partial charge in [-0.1, -0.05) is 212 Å². The molecule has 2 aliphatic rings. The third-order valence-corrected chi connectivity index (χ3v) is 21.1. The highest BCUT2D eigenvalue weighted by molar-refractivity contribution is 6.14. The van der Waals surface area contributed by atoms with Crippen molar-refractivity contribution in [1.29, 1.82) is 0 Å². The van der Waals surface area contributed by atoms with Gasteiger partial charge in [0.05, 0.1) is 61.4 Å². The first-order valence-electron chi connectivity index (χ1n) is 34.1. The minimum atomic E-state index is -0.0166. The molecule has 0 bridgehead atoms. The molecule has 0 spiro atoms. The smallest absolute Gasteiger partial charge is 0.235 e. The molecule has 1 aliphatic heterocycles. The second-order valence-corrected chi connectivity index (χ2v) is 26.4. The van der Waals surface area contributed by atoms with Gasteiger partial charge in [-0.2, -0.15) is 0 Å². The van der Waals surface area contributed by atoms with Crippen LogP contribution in [0.5, 0.6) is 0 Å². The highest BCUT2D eigenvalue weighted by Crippen LogP contribution is 2.52. The van der Waals surface area contributed by atoms with E-state index in [9.17, 15) is 0 Å². The van der Waals surface area contributed by atoms with Crippen LogP contribution in [0.25, 0.3) is 160 Å². The van der Waals surface area contributed by atoms with E-state index in [2.05, 4.69) is 369 Å². The first-order valence-corrected chi connectivity index (χ1v) is 34.1. The van der Waals surface area contributed by atoms with E-state index in [0.717, 1.165) is 77.8 Å². The fourth-order valence-corrected chi connectivity index (χ4v) is 16.7. The molecular formula is C92H59N7. The van der Waals surface area contributed by atoms with Gasteiger partial charge in [0.1, 0.15) is 0 Å². The summed E-state index contributed by atoms with van der Waals surface area (Å²) >= 11 is 0. The van der Waals surface area contributed by atoms with Gasteiger partial charge in [-0.25, -0.2) is 9.97 Å². The molecule has 2 unspecified atom stereocenters. The van der Waals surface area contributed by atoms with Gasteiger partial charge in [-0.05, 0) is 172 Å². The van der Waals surface area contributed by atoms with Crippen molar-refractivity contribution in [2.75, 3.05) is 4.90 Å². The van der Waals surface area contributed by atoms with Crippen LogP contribution in [0.4, 0.5) is 11.4 Å². The summed E-state index contributed by atoms with van der Waals surface area (Å²) in [6.07, 6.45) is 7.35. The van der Waals surface area contributed by atoms with Crippen LogP contribution in [0.15, 0.2) is 346 Å². The number of para-hydroxylation sites is 8. The van der Waals surface area contributed by atoms with Crippen molar-refractivity contribution < 1.29 is 0 Å². The lowest BCUT2D eigenvalue weighted by molar-refractivity contribution is 0.747. The molecule has 1 aliphatic carbocycles. The van der Waals surface area contributed by atoms with Crippen LogP contribution in [0, 0.1) is 0 Å². The molecule has 6 heterocycles. The lowest BCUT2D eigenvalue weighted by Crippen LogP contribution is -2.29. The summed E-state index contributed by atoms with van der Waals surface area (Å²) in [5, 5.41) is 10.7. The molecular weight excluding hydrogens is 1200 g/mol. The van der Waals surface area contributed by atoms with Gasteiger partial charge < -0.3 is 18.6 Å². The van der Waals surface area contributed by atoms with Crippen molar-refractivity contribution in [2.45, 2.75) is 12.0 Å². The van der Waals surface area contributed by atoms with Crippen molar-refractivity contribution in [2.24, 2.45) is 0 Å². The number of hydrogen-bond acceptors (Lipinski definition) is 3. The van der Waals surface area contributed by atoms with Crippen molar-refractivity contribution in [3.05, 3.63) is 357 Å². The van der Waals surface area contributed by atoms with E-state index in [1.807, 2.05) is 0 Å². The van der Waals surface area contributed by atoms with Crippen LogP contribution in [0.1, 0.15) is 17.0 Å². The molecule has 0 N–H and O–H groups in total. The highest BCUT2D eigenvalue weighted by atomic mass is 15.2. The Labute approximate surface area is 570 Å². The number of hydrogen-bond donors (Lipinski definition) is 0. The van der Waals surface area contributed by atoms with E-state index in [0.29, 0.717) is 5.95 Å². The number of nitrogens with zero attached hydrogens (tertiary/aromatic N) is 7. The number of fused-ring (bicyclic) bond motifs is 16. The van der Waals surface area contributed by atoms with Gasteiger partial charge >= 0.3 is 0 Å². The normalized spacial score (nSPS) is 14.5. The summed E-state index contributed by atoms with van der Waals surface area (Å²) in [6, 6.07) is 120. The van der Waals surface area contributed by atoms with Crippen LogP contribution in [0.3, 0.4) is 0 Å². The molecule has 7 nitrogen and oxygen atoms in total. The molecule has 21 rings (SSSR count). The molecule has 99 heavy (non-hydrogen) atoms. The quantitative estimate of drug-likeness (QED) is 0.145. The topological polar surface area (TPSA) is 48.7 Å². The molecule has 7 heteroatoms. The average Bonchev–Trinajstić information content (AvgIpc) is 1.64. The molecule has 0 amide bonds. The molecule has 462 valence electrons. The Balaban J connectivity index is 0.702. The fraction of sp³-hybridized carbons (Fsp3) is 0.0217. The Kier molecular flexibility index (Phi) is 12.1. The number of anilines is 2. The molecule has 0 saturated carbocycles. The van der Waals surface area contributed by atoms with E-state index in [1.54, 1.807) is 0 Å². The standard InChI is InChI=1S/C92H59N7/c1-4-22-65(23-5-1)95-81-35-16-12-30-70(81)75-52-58(40-46-85(75)95)60-42-49-88-78(55-60)79-56-61(59-41-47-86-76(53-59)71-31-13-17-36-82(71)96(86)66-24-6-2-7-25-66)43-50-89(79)98(88)68-28-20-21-64(51-68)91-74-33-10-15-34-80(74)93-92(94-91)99-84-38-19-11-29-69(84)73-45-39-63(57-90(73)99)62-44-48-87-77(54-62)72-32-14-18-37-83(72)97(87)67-26-8-3-9-27-67/h1-57,78,88H. The van der Waals surface area contributed by atoms with Crippen molar-refractivity contribution in [3.63, 3.8) is 0 Å². The Morgan fingerprint density at radius 1 is 0.263 bits per heavy atom. The van der Waals surface area contributed by atoms with E-state index in [1.165, 1.54) is 98.9 Å². The largest absolute Gasteiger partial charge is 0.333 e. The molecule has 0 radical (unpaired) electrons. The third kappa shape index (κ3) is 8.51. The van der Waals surface area contributed by atoms with Crippen molar-refractivity contribution >= 4 is 115 Å². The monoisotopic (exact) mass is 1260 g/mol. The molecule has 19 aromatic rings. The van der Waals surface area contributed by atoms with Gasteiger partial charge in [-0.15, -0.1) is 0 Å². The average molecular weight is 1260 g/mol. The van der Waals surface area contributed by atoms with Crippen molar-refractivity contribution in [3.8, 4) is 56.5 Å². The Bertz CT molecular complexity index is 6620. The number of allylic oxidation sites excluding steroid dienone is 2. The predicted molar refractivity (Wildman–Crippen MR) is 412 cm³/mol. The van der Waals surface area contributed by atoms with Gasteiger partial charge in [0.25, 0.3) is 0 Å². The molecule has 14 aromatic carbocycles. The summed E-state index contributed by atoms with van der Waals surface area (Å²) in [5.41, 5.74) is 26.1. The SMILES string of the molecule is C1=CC2C(C=C1c1ccc3c(c1)c1ccccc1n3-c1ccccc1)c1cc(-c3ccc4c(c3)c3ccccc3n4-c3ccccc3)ccc1N2c1cccc(-c2nc(-n3c4ccccc4c4ccc(-c5ccc6c(c5)c5ccccc5n6-c5ccccc5)cc43)nc3ccccc23)c1. The van der Waals surface area contributed by atoms with E-state index < -0.39 is 0 Å². The summed E-state index contributed by atoms with van der Waals surface area (Å²) < 4.78 is 9.44. The van der Waals surface area contributed by atoms with Gasteiger partial charge in [0.15, 0.2) is 0 Å². The zero-order chi connectivity index (χ0) is 64.8. The summed E-state index contributed by atoms with van der Waals surface area (Å²) in [5.74, 6) is 0.647. The van der Waals surface area contributed by atoms with Crippen LogP contribution in [-0.2, 0) is 0 Å². The first kappa shape index (κ1) is 55.2. The molecule has 0 fully saturated rings. The zero-order valence-electron chi connectivity index (χ0n) is 53.7. The summed E-state index contributed by atoms with van der Waals surface area (Å²) in [4.78, 5) is 13.8. The second kappa shape index (κ2) is 21.7. The maximum Gasteiger partial charge on any atom is 0.235 e. The van der Waals surface area contributed by atoms with Crippen molar-refractivity contribution in [1.82, 2.24) is 28.2 Å². The Morgan fingerprint density at radius 3 is 1.26 bits per heavy atom. The molecule has 2 atom stereocenters. The van der Waals surface area contributed by atoms with Gasteiger partial charge in [0.2, 0.25) is 5.95 Å². The lowest BCUT2D eigenvalue weighted by Gasteiger charge is -2.30. The fourth-order valence-electron chi connectivity index (χ4n) is 16.7. The maximum atomic E-state index is 5.73. The van der Waals surface area contributed by atoms with Crippen LogP contribution >= 0.6 is 0 Å². The third-order valence-electron chi connectivity index (χ3n) is 21.1. The lowest BCUT2D eigenvalue weighted by atomic mass is 9.85. The predicted octanol–water partition coefficient (Wildman–Crippen LogP) is 23.3. The molecule has 5 aromatic heterocycles. The Morgan fingerprint density at radius 2 is 0.687 bits per heavy atom. The minimum Gasteiger partial charge on any atom is -0.333 e. The zero-order valence-corrected chi connectivity index (χ0v) is 53.7. The Hall–Kier alpha value is -13.1. The maximum absolute atomic E-state index is 5.73. The van der Waals surface area contributed by atoms with Crippen LogP contribution in [-0.4, -0.2) is 34.3 Å². The highest BCUT2D eigenvalue weighted by Gasteiger charge is 2.39. The number of aromatic nitrogens is 6. The van der Waals surface area contributed by atoms with Crippen LogP contribution in [0.2, 0.25) is 0 Å². The van der Waals surface area contributed by atoms with E-state index in [4.69, 9.17) is 9.97 Å². The van der Waals surface area contributed by atoms with Gasteiger partial charge in [-0.3, -0.25) is 4.57 Å². The first-order chi connectivity index (χ1) is 49.1. The minimum absolute atomic E-state index is 0.0166. The van der Waals surface area contributed by atoms with E-state index >= 15 is 0 Å². The number of benzene rings is 14. The van der Waals surface area contributed by atoms with E-state index in [-0.39, 0.29) is 12.0 Å². The number of rotatable bonds is 9. The second-order valence-electron chi connectivity index (χ2n) is 26.4. The molecule has 0 saturated heterocycles.